The third-order valence-electron chi connectivity index (χ3n) is 6.76. The van der Waals surface area contributed by atoms with Gasteiger partial charge in [-0.25, -0.2) is 0 Å². The van der Waals surface area contributed by atoms with E-state index in [2.05, 4.69) is 30.6 Å². The average molecular weight is 487 g/mol. The fourth-order valence-electron chi connectivity index (χ4n) is 5.00. The first-order chi connectivity index (χ1) is 16.3. The van der Waals surface area contributed by atoms with E-state index in [1.807, 2.05) is 41.5 Å². The average Bonchev–Trinajstić information content (AvgIpc) is 2.81. The van der Waals surface area contributed by atoms with Gasteiger partial charge in [0, 0.05) is 52.4 Å². The Labute approximate surface area is 212 Å². The van der Waals surface area contributed by atoms with Gasteiger partial charge >= 0.3 is 0 Å². The Morgan fingerprint density at radius 3 is 1.82 bits per heavy atom. The maximum absolute atomic E-state index is 13.1. The molecule has 0 aromatic carbocycles. The number of amides is 1. The van der Waals surface area contributed by atoms with Crippen LogP contribution in [0.2, 0.25) is 0 Å². The summed E-state index contributed by atoms with van der Waals surface area (Å²) >= 11 is 0. The van der Waals surface area contributed by atoms with E-state index >= 15 is 0 Å². The highest BCUT2D eigenvalue weighted by Crippen LogP contribution is 2.32. The number of hydrogen-bond donors (Lipinski definition) is 0. The fraction of sp³-hybridized carbons (Fsp3) is 0.964. The second-order valence-corrected chi connectivity index (χ2v) is 9.85. The molecule has 1 amide bonds. The van der Waals surface area contributed by atoms with Crippen LogP contribution in [0.4, 0.5) is 0 Å². The summed E-state index contributed by atoms with van der Waals surface area (Å²) in [6.45, 7) is 23.2. The van der Waals surface area contributed by atoms with Crippen LogP contribution in [0.1, 0.15) is 94.4 Å². The van der Waals surface area contributed by atoms with E-state index in [0.717, 1.165) is 64.8 Å². The Morgan fingerprint density at radius 2 is 1.35 bits per heavy atom. The standard InChI is InChI=1S/C22H40N2O4.3C2H6/c1-16(13-23-14-20(15-23)27-5)12-22(2,3)21(25)24-8-6-17(7-9-24)28-19-10-18(11-19)26-4;3*1-2/h16-20H,6-15H2,1-5H3;3*1-2H3. The van der Waals surface area contributed by atoms with Crippen LogP contribution in [0.5, 0.6) is 0 Å². The fourth-order valence-corrected chi connectivity index (χ4v) is 5.00. The van der Waals surface area contributed by atoms with Crippen molar-refractivity contribution in [3.8, 4) is 0 Å². The summed E-state index contributed by atoms with van der Waals surface area (Å²) in [5.41, 5.74) is -0.307. The van der Waals surface area contributed by atoms with Crippen molar-refractivity contribution in [2.45, 2.75) is 119 Å². The van der Waals surface area contributed by atoms with E-state index in [1.54, 1.807) is 14.2 Å². The van der Waals surface area contributed by atoms with Crippen molar-refractivity contribution in [3.63, 3.8) is 0 Å². The Hall–Kier alpha value is -0.690. The first-order valence-corrected chi connectivity index (χ1v) is 14.0. The van der Waals surface area contributed by atoms with Crippen LogP contribution in [0, 0.1) is 11.3 Å². The molecule has 1 saturated carbocycles. The molecule has 0 radical (unpaired) electrons. The maximum Gasteiger partial charge on any atom is 0.228 e. The highest BCUT2D eigenvalue weighted by Gasteiger charge is 2.38. The number of carbonyl (C=O) groups is 1. The molecule has 6 nitrogen and oxygen atoms in total. The smallest absolute Gasteiger partial charge is 0.228 e. The lowest BCUT2D eigenvalue weighted by molar-refractivity contribution is -0.149. The normalized spacial score (nSPS) is 24.1. The zero-order chi connectivity index (χ0) is 26.3. The van der Waals surface area contributed by atoms with Crippen molar-refractivity contribution >= 4 is 5.91 Å². The molecule has 0 bridgehead atoms. The van der Waals surface area contributed by atoms with Gasteiger partial charge in [-0.1, -0.05) is 62.3 Å². The highest BCUT2D eigenvalue weighted by atomic mass is 16.5. The molecule has 1 unspecified atom stereocenters. The number of piperidine rings is 1. The maximum atomic E-state index is 13.1. The van der Waals surface area contributed by atoms with E-state index in [1.165, 1.54) is 0 Å². The van der Waals surface area contributed by atoms with Gasteiger partial charge in [-0.2, -0.15) is 0 Å². The summed E-state index contributed by atoms with van der Waals surface area (Å²) in [7, 11) is 3.55. The number of hydrogen-bond acceptors (Lipinski definition) is 5. The van der Waals surface area contributed by atoms with Crippen LogP contribution in [0.3, 0.4) is 0 Å². The first kappa shape index (κ1) is 33.3. The Balaban J connectivity index is 0.00000168. The van der Waals surface area contributed by atoms with Gasteiger partial charge in [0.2, 0.25) is 5.91 Å². The highest BCUT2D eigenvalue weighted by molar-refractivity contribution is 5.82. The summed E-state index contributed by atoms with van der Waals surface area (Å²) in [6, 6.07) is 0. The molecule has 2 aliphatic heterocycles. The molecule has 0 N–H and O–H groups in total. The summed E-state index contributed by atoms with van der Waals surface area (Å²) < 4.78 is 16.9. The summed E-state index contributed by atoms with van der Waals surface area (Å²) in [5.74, 6) is 0.809. The minimum absolute atomic E-state index is 0.300. The van der Waals surface area contributed by atoms with E-state index in [0.29, 0.717) is 36.2 Å². The number of methoxy groups -OCH3 is 2. The van der Waals surface area contributed by atoms with Gasteiger partial charge < -0.3 is 19.1 Å². The molecule has 0 aromatic heterocycles. The van der Waals surface area contributed by atoms with Crippen LogP contribution in [-0.2, 0) is 19.0 Å². The van der Waals surface area contributed by atoms with Gasteiger partial charge in [-0.3, -0.25) is 9.69 Å². The molecule has 6 heteroatoms. The van der Waals surface area contributed by atoms with Crippen LogP contribution >= 0.6 is 0 Å². The predicted octanol–water partition coefficient (Wildman–Crippen LogP) is 5.63. The number of nitrogens with zero attached hydrogens (tertiary/aromatic N) is 2. The quantitative estimate of drug-likeness (QED) is 0.422. The molecule has 3 aliphatic rings. The van der Waals surface area contributed by atoms with Gasteiger partial charge in [0.15, 0.2) is 0 Å². The Morgan fingerprint density at radius 1 is 0.853 bits per heavy atom. The topological polar surface area (TPSA) is 51.2 Å². The molecule has 204 valence electrons. The monoisotopic (exact) mass is 486 g/mol. The van der Waals surface area contributed by atoms with E-state index in [-0.39, 0.29) is 5.41 Å². The van der Waals surface area contributed by atoms with Gasteiger partial charge in [0.25, 0.3) is 0 Å². The summed E-state index contributed by atoms with van der Waals surface area (Å²) in [4.78, 5) is 17.6. The van der Waals surface area contributed by atoms with Crippen molar-refractivity contribution in [3.05, 3.63) is 0 Å². The van der Waals surface area contributed by atoms with Gasteiger partial charge in [0.05, 0.1) is 24.4 Å². The van der Waals surface area contributed by atoms with Crippen LogP contribution in [-0.4, -0.2) is 87.1 Å². The minimum atomic E-state index is -0.307. The van der Waals surface area contributed by atoms with E-state index in [4.69, 9.17) is 14.2 Å². The predicted molar refractivity (Wildman–Crippen MR) is 143 cm³/mol. The molecule has 0 spiro atoms. The number of carbonyl (C=O) groups excluding carboxylic acids is 1. The largest absolute Gasteiger partial charge is 0.381 e. The van der Waals surface area contributed by atoms with E-state index in [9.17, 15) is 4.79 Å². The van der Waals surface area contributed by atoms with Gasteiger partial charge in [-0.05, 0) is 38.0 Å². The Bertz CT molecular complexity index is 509. The SMILES string of the molecule is CC.CC.CC.COC1CC(OC2CCN(C(=O)C(C)(C)CC(C)CN3CC(OC)C3)CC2)C1. The molecular formula is C28H58N2O4. The van der Waals surface area contributed by atoms with Crippen LogP contribution in [0.25, 0.3) is 0 Å². The molecule has 0 aromatic rings. The molecule has 3 rings (SSSR count). The summed E-state index contributed by atoms with van der Waals surface area (Å²) in [6.07, 6.45) is 6.30. The zero-order valence-electron chi connectivity index (χ0n) is 24.5. The van der Waals surface area contributed by atoms with Crippen molar-refractivity contribution < 1.29 is 19.0 Å². The lowest BCUT2D eigenvalue weighted by atomic mass is 9.81. The second kappa shape index (κ2) is 17.7. The van der Waals surface area contributed by atoms with Gasteiger partial charge in [-0.15, -0.1) is 0 Å². The van der Waals surface area contributed by atoms with Crippen molar-refractivity contribution in [1.29, 1.82) is 0 Å². The first-order valence-electron chi connectivity index (χ1n) is 14.0. The number of rotatable bonds is 9. The minimum Gasteiger partial charge on any atom is -0.381 e. The zero-order valence-corrected chi connectivity index (χ0v) is 24.5. The number of likely N-dealkylation sites (tertiary alicyclic amines) is 2. The van der Waals surface area contributed by atoms with Crippen molar-refractivity contribution in [2.24, 2.45) is 11.3 Å². The van der Waals surface area contributed by atoms with Crippen molar-refractivity contribution in [2.75, 3.05) is 46.9 Å². The number of ether oxygens (including phenoxy) is 3. The molecule has 34 heavy (non-hydrogen) atoms. The molecule has 2 saturated heterocycles. The lowest BCUT2D eigenvalue weighted by Crippen LogP contribution is -2.53. The lowest BCUT2D eigenvalue weighted by Gasteiger charge is -2.42. The van der Waals surface area contributed by atoms with Crippen molar-refractivity contribution in [1.82, 2.24) is 9.80 Å². The molecule has 1 atom stereocenters. The molecular weight excluding hydrogens is 428 g/mol. The second-order valence-electron chi connectivity index (χ2n) is 9.85. The third kappa shape index (κ3) is 10.5. The van der Waals surface area contributed by atoms with E-state index < -0.39 is 0 Å². The summed E-state index contributed by atoms with van der Waals surface area (Å²) in [5, 5.41) is 0. The Kier molecular flexibility index (Phi) is 17.3. The van der Waals surface area contributed by atoms with Crippen LogP contribution in [0.15, 0.2) is 0 Å². The van der Waals surface area contributed by atoms with Crippen LogP contribution < -0.4 is 0 Å². The molecule has 2 heterocycles. The molecule has 1 aliphatic carbocycles. The molecule has 3 fully saturated rings. The third-order valence-corrected chi connectivity index (χ3v) is 6.76. The van der Waals surface area contributed by atoms with Gasteiger partial charge in [0.1, 0.15) is 0 Å².